The normalized spacial score (nSPS) is 26.2. The third-order valence-corrected chi connectivity index (χ3v) is 3.20. The highest BCUT2D eigenvalue weighted by atomic mass is 32.2. The standard InChI is InChI=1S/C9H16S/c1-3-8-6-4-5-7-9(8)10-2/h7-8H,3-6H2,1-2H3. The lowest BCUT2D eigenvalue weighted by Crippen LogP contribution is -2.04. The molecule has 1 aliphatic carbocycles. The molecule has 0 aromatic heterocycles. The van der Waals surface area contributed by atoms with Crippen LogP contribution in [0.1, 0.15) is 32.6 Å². The van der Waals surface area contributed by atoms with Crippen LogP contribution in [0.3, 0.4) is 0 Å². The van der Waals surface area contributed by atoms with E-state index in [0.29, 0.717) is 0 Å². The van der Waals surface area contributed by atoms with Crippen LogP contribution in [0.15, 0.2) is 11.0 Å². The van der Waals surface area contributed by atoms with Gasteiger partial charge >= 0.3 is 0 Å². The molecule has 1 rings (SSSR count). The van der Waals surface area contributed by atoms with E-state index in [1.54, 1.807) is 4.91 Å². The van der Waals surface area contributed by atoms with Gasteiger partial charge in [-0.15, -0.1) is 11.8 Å². The highest BCUT2D eigenvalue weighted by Gasteiger charge is 2.13. The summed E-state index contributed by atoms with van der Waals surface area (Å²) in [7, 11) is 0. The average molecular weight is 156 g/mol. The van der Waals surface area contributed by atoms with Gasteiger partial charge < -0.3 is 0 Å². The van der Waals surface area contributed by atoms with Crippen LogP contribution in [0, 0.1) is 5.92 Å². The third kappa shape index (κ3) is 1.79. The molecule has 10 heavy (non-hydrogen) atoms. The van der Waals surface area contributed by atoms with Crippen molar-refractivity contribution in [2.45, 2.75) is 32.6 Å². The minimum atomic E-state index is 0.892. The SMILES string of the molecule is CCC1CCCC=C1SC. The second kappa shape index (κ2) is 4.07. The van der Waals surface area contributed by atoms with Gasteiger partial charge in [0, 0.05) is 0 Å². The second-order valence-corrected chi connectivity index (χ2v) is 3.73. The second-order valence-electron chi connectivity index (χ2n) is 2.85. The van der Waals surface area contributed by atoms with Crippen LogP contribution < -0.4 is 0 Å². The summed E-state index contributed by atoms with van der Waals surface area (Å²) in [5.74, 6) is 0.892. The van der Waals surface area contributed by atoms with E-state index in [1.807, 2.05) is 11.8 Å². The number of rotatable bonds is 2. The molecular formula is C9H16S. The summed E-state index contributed by atoms with van der Waals surface area (Å²) in [5, 5.41) is 0. The fourth-order valence-corrected chi connectivity index (χ4v) is 2.48. The minimum absolute atomic E-state index is 0.892. The molecule has 0 aromatic carbocycles. The number of allylic oxidation sites excluding steroid dienone is 2. The van der Waals surface area contributed by atoms with Gasteiger partial charge in [-0.3, -0.25) is 0 Å². The van der Waals surface area contributed by atoms with E-state index in [-0.39, 0.29) is 0 Å². The lowest BCUT2D eigenvalue weighted by Gasteiger charge is -2.20. The van der Waals surface area contributed by atoms with Crippen LogP contribution in [0.25, 0.3) is 0 Å². The van der Waals surface area contributed by atoms with Gasteiger partial charge in [0.2, 0.25) is 0 Å². The molecule has 0 aliphatic heterocycles. The minimum Gasteiger partial charge on any atom is -0.134 e. The Labute approximate surface area is 68.1 Å². The van der Waals surface area contributed by atoms with Crippen LogP contribution in [0.4, 0.5) is 0 Å². The molecule has 0 bridgehead atoms. The van der Waals surface area contributed by atoms with Crippen LogP contribution in [0.5, 0.6) is 0 Å². The fraction of sp³-hybridized carbons (Fsp3) is 0.778. The molecule has 0 aromatic rings. The molecule has 0 saturated heterocycles. The average Bonchev–Trinajstić information content (AvgIpc) is 2.04. The summed E-state index contributed by atoms with van der Waals surface area (Å²) in [6.45, 7) is 2.29. The Morgan fingerprint density at radius 2 is 2.50 bits per heavy atom. The first-order chi connectivity index (χ1) is 4.88. The van der Waals surface area contributed by atoms with Gasteiger partial charge in [-0.2, -0.15) is 0 Å². The molecule has 0 N–H and O–H groups in total. The third-order valence-electron chi connectivity index (χ3n) is 2.23. The van der Waals surface area contributed by atoms with Crippen molar-refractivity contribution in [2.75, 3.05) is 6.26 Å². The maximum absolute atomic E-state index is 2.42. The van der Waals surface area contributed by atoms with Gasteiger partial charge in [-0.1, -0.05) is 13.0 Å². The van der Waals surface area contributed by atoms with Crippen molar-refractivity contribution < 1.29 is 0 Å². The molecule has 1 heteroatoms. The van der Waals surface area contributed by atoms with Crippen LogP contribution in [0.2, 0.25) is 0 Å². The van der Waals surface area contributed by atoms with Crippen molar-refractivity contribution in [3.8, 4) is 0 Å². The van der Waals surface area contributed by atoms with E-state index >= 15 is 0 Å². The van der Waals surface area contributed by atoms with Gasteiger partial charge in [-0.05, 0) is 42.8 Å². The van der Waals surface area contributed by atoms with E-state index in [2.05, 4.69) is 19.3 Å². The van der Waals surface area contributed by atoms with Gasteiger partial charge in [-0.25, -0.2) is 0 Å². The molecule has 0 saturated carbocycles. The molecule has 1 aliphatic rings. The number of thioether (sulfide) groups is 1. The Bertz CT molecular complexity index is 127. The molecule has 0 fully saturated rings. The Kier molecular flexibility index (Phi) is 3.33. The summed E-state index contributed by atoms with van der Waals surface area (Å²) in [4.78, 5) is 1.63. The first-order valence-corrected chi connectivity index (χ1v) is 5.35. The lowest BCUT2D eigenvalue weighted by atomic mass is 9.93. The maximum Gasteiger partial charge on any atom is -0.0108 e. The zero-order valence-corrected chi connectivity index (χ0v) is 7.71. The van der Waals surface area contributed by atoms with Gasteiger partial charge in [0.05, 0.1) is 0 Å². The zero-order valence-electron chi connectivity index (χ0n) is 6.89. The Morgan fingerprint density at radius 3 is 3.00 bits per heavy atom. The van der Waals surface area contributed by atoms with Crippen molar-refractivity contribution in [3.63, 3.8) is 0 Å². The summed E-state index contributed by atoms with van der Waals surface area (Å²) in [6.07, 6.45) is 10.1. The van der Waals surface area contributed by atoms with Gasteiger partial charge in [0.25, 0.3) is 0 Å². The zero-order chi connectivity index (χ0) is 7.40. The first-order valence-electron chi connectivity index (χ1n) is 4.12. The van der Waals surface area contributed by atoms with Gasteiger partial charge in [0.1, 0.15) is 0 Å². The monoisotopic (exact) mass is 156 g/mol. The highest BCUT2D eigenvalue weighted by Crippen LogP contribution is 2.33. The molecular weight excluding hydrogens is 140 g/mol. The van der Waals surface area contributed by atoms with E-state index in [0.717, 1.165) is 5.92 Å². The molecule has 58 valence electrons. The first kappa shape index (κ1) is 8.19. The fourth-order valence-electron chi connectivity index (χ4n) is 1.57. The van der Waals surface area contributed by atoms with E-state index in [4.69, 9.17) is 0 Å². The largest absolute Gasteiger partial charge is 0.134 e. The predicted molar refractivity (Wildman–Crippen MR) is 49.2 cm³/mol. The smallest absolute Gasteiger partial charge is 0.0108 e. The topological polar surface area (TPSA) is 0 Å². The van der Waals surface area contributed by atoms with Crippen LogP contribution in [-0.2, 0) is 0 Å². The molecule has 0 nitrogen and oxygen atoms in total. The molecule has 1 atom stereocenters. The molecule has 0 heterocycles. The molecule has 0 amide bonds. The summed E-state index contributed by atoms with van der Waals surface area (Å²) < 4.78 is 0. The predicted octanol–water partition coefficient (Wildman–Crippen LogP) is 3.44. The lowest BCUT2D eigenvalue weighted by molar-refractivity contribution is 0.519. The van der Waals surface area contributed by atoms with E-state index in [1.165, 1.54) is 25.7 Å². The van der Waals surface area contributed by atoms with Crippen molar-refractivity contribution >= 4 is 11.8 Å². The quantitative estimate of drug-likeness (QED) is 0.590. The van der Waals surface area contributed by atoms with E-state index < -0.39 is 0 Å². The van der Waals surface area contributed by atoms with Crippen LogP contribution >= 0.6 is 11.8 Å². The van der Waals surface area contributed by atoms with Gasteiger partial charge in [0.15, 0.2) is 0 Å². The number of hydrogen-bond donors (Lipinski definition) is 0. The van der Waals surface area contributed by atoms with Crippen molar-refractivity contribution in [3.05, 3.63) is 11.0 Å². The molecule has 1 unspecified atom stereocenters. The van der Waals surface area contributed by atoms with Crippen molar-refractivity contribution in [1.29, 1.82) is 0 Å². The summed E-state index contributed by atoms with van der Waals surface area (Å²) in [6, 6.07) is 0. The van der Waals surface area contributed by atoms with Crippen LogP contribution in [-0.4, -0.2) is 6.26 Å². The Morgan fingerprint density at radius 1 is 1.70 bits per heavy atom. The maximum atomic E-state index is 2.42. The summed E-state index contributed by atoms with van der Waals surface area (Å²) >= 11 is 1.94. The molecule has 0 spiro atoms. The molecule has 0 radical (unpaired) electrons. The number of hydrogen-bond acceptors (Lipinski definition) is 1. The van der Waals surface area contributed by atoms with E-state index in [9.17, 15) is 0 Å². The van der Waals surface area contributed by atoms with Crippen molar-refractivity contribution in [1.82, 2.24) is 0 Å². The Hall–Kier alpha value is 0.0900. The summed E-state index contributed by atoms with van der Waals surface area (Å²) in [5.41, 5.74) is 0. The van der Waals surface area contributed by atoms with Crippen molar-refractivity contribution in [2.24, 2.45) is 5.92 Å². The highest BCUT2D eigenvalue weighted by molar-refractivity contribution is 8.02. The Balaban J connectivity index is 2.53.